The van der Waals surface area contributed by atoms with Crippen LogP contribution in [-0.4, -0.2) is 115 Å². The average Bonchev–Trinajstić information content (AvgIpc) is 3.19. The van der Waals surface area contributed by atoms with Crippen LogP contribution in [0.3, 0.4) is 0 Å². The maximum atomic E-state index is 14.2. The number of rotatable bonds is 34. The monoisotopic (exact) mass is 938 g/mol. The van der Waals surface area contributed by atoms with Crippen molar-refractivity contribution in [3.05, 3.63) is 0 Å². The van der Waals surface area contributed by atoms with E-state index in [9.17, 15) is 43.2 Å². The number of nitrogens with two attached hydrogens (primary N) is 3. The molecule has 380 valence electrons. The van der Waals surface area contributed by atoms with E-state index in [0.717, 1.165) is 0 Å². The standard InChI is InChI=1S/C46H87N11O9/c1-26(2)20-34(51-39(59)25-50-31(11)58)42(62)54-36(22-28(5)6)44(64)56-38(24-30(9)10)46(66)57-37(23-29(7)8)45(65)55-35(21-27(3)4)43(63)53-33(17-13-15-19-48)41(61)52-32(40(49)60)16-12-14-18-47/h26-30,32-38H,12-25,47-48H2,1-11H3,(H2,49,60)(H,50,58)(H,51,59)(H,52,61)(H,53,63)(H,54,62)(H,55,65)(H,56,64)(H,57,66)/t32-,33-,34-,35-,36-,37-,38-/m0/s1. The SMILES string of the molecule is CC(=O)NCC(=O)N[C@@H](CC(C)C)C(=O)N[C@@H](CC(C)C)C(=O)N[C@@H](CC(C)C)C(=O)N[C@@H](CC(C)C)C(=O)N[C@@H](CC(C)C)C(=O)N[C@@H](CCCCN)C(=O)N[C@@H](CCCCN)C(N)=O. The third-order valence-electron chi connectivity index (χ3n) is 10.4. The summed E-state index contributed by atoms with van der Waals surface area (Å²) in [4.78, 5) is 120. The minimum atomic E-state index is -1.14. The number of carbonyl (C=O) groups is 9. The van der Waals surface area contributed by atoms with Crippen LogP contribution >= 0.6 is 0 Å². The molecule has 0 aromatic rings. The summed E-state index contributed by atoms with van der Waals surface area (Å²) in [5, 5.41) is 21.7. The minimum Gasteiger partial charge on any atom is -0.368 e. The summed E-state index contributed by atoms with van der Waals surface area (Å²) < 4.78 is 0. The number of carbonyl (C=O) groups excluding carboxylic acids is 9. The quantitative estimate of drug-likeness (QED) is 0.0395. The van der Waals surface area contributed by atoms with Gasteiger partial charge in [0.25, 0.3) is 0 Å². The molecule has 20 nitrogen and oxygen atoms in total. The van der Waals surface area contributed by atoms with Crippen molar-refractivity contribution in [1.82, 2.24) is 42.5 Å². The van der Waals surface area contributed by atoms with Gasteiger partial charge in [-0.2, -0.15) is 0 Å². The number of primary amides is 1. The second kappa shape index (κ2) is 32.8. The number of unbranched alkanes of at least 4 members (excludes halogenated alkanes) is 2. The summed E-state index contributed by atoms with van der Waals surface area (Å²) in [6.07, 6.45) is 3.72. The molecular formula is C46H87N11O9. The minimum absolute atomic E-state index is 0.0152. The van der Waals surface area contributed by atoms with E-state index in [4.69, 9.17) is 17.2 Å². The Morgan fingerprint density at radius 1 is 0.379 bits per heavy atom. The zero-order valence-corrected chi connectivity index (χ0v) is 41.7. The molecule has 0 aliphatic carbocycles. The van der Waals surface area contributed by atoms with Gasteiger partial charge in [0.05, 0.1) is 6.54 Å². The molecule has 0 aromatic carbocycles. The second-order valence-electron chi connectivity index (χ2n) is 19.5. The number of hydrogen-bond donors (Lipinski definition) is 11. The summed E-state index contributed by atoms with van der Waals surface area (Å²) in [5.41, 5.74) is 16.9. The summed E-state index contributed by atoms with van der Waals surface area (Å²) in [7, 11) is 0. The maximum Gasteiger partial charge on any atom is 0.243 e. The first-order valence-corrected chi connectivity index (χ1v) is 23.9. The largest absolute Gasteiger partial charge is 0.368 e. The fourth-order valence-electron chi connectivity index (χ4n) is 7.14. The molecule has 0 fully saturated rings. The van der Waals surface area contributed by atoms with Crippen molar-refractivity contribution < 1.29 is 43.2 Å². The number of amides is 9. The molecule has 0 bridgehead atoms. The molecule has 0 spiro atoms. The van der Waals surface area contributed by atoms with E-state index in [1.165, 1.54) is 6.92 Å². The van der Waals surface area contributed by atoms with Gasteiger partial charge in [0.2, 0.25) is 53.2 Å². The van der Waals surface area contributed by atoms with Crippen LogP contribution in [0.15, 0.2) is 0 Å². The van der Waals surface area contributed by atoms with E-state index in [1.807, 2.05) is 69.2 Å². The number of hydrogen-bond acceptors (Lipinski definition) is 11. The normalized spacial score (nSPS) is 14.6. The lowest BCUT2D eigenvalue weighted by Gasteiger charge is -2.29. The number of nitrogens with one attached hydrogen (secondary N) is 8. The van der Waals surface area contributed by atoms with Crippen LogP contribution < -0.4 is 59.7 Å². The fourth-order valence-corrected chi connectivity index (χ4v) is 7.14. The molecule has 20 heteroatoms. The molecule has 0 saturated carbocycles. The van der Waals surface area contributed by atoms with Gasteiger partial charge < -0.3 is 59.7 Å². The van der Waals surface area contributed by atoms with Crippen molar-refractivity contribution in [3.8, 4) is 0 Å². The van der Waals surface area contributed by atoms with Crippen molar-refractivity contribution in [3.63, 3.8) is 0 Å². The van der Waals surface area contributed by atoms with Crippen molar-refractivity contribution in [2.24, 2.45) is 46.8 Å². The van der Waals surface area contributed by atoms with Crippen LogP contribution in [-0.2, 0) is 43.2 Å². The highest BCUT2D eigenvalue weighted by Gasteiger charge is 2.35. The molecule has 0 aliphatic heterocycles. The van der Waals surface area contributed by atoms with Crippen LogP contribution in [0.5, 0.6) is 0 Å². The lowest BCUT2D eigenvalue weighted by Crippen LogP contribution is -2.60. The van der Waals surface area contributed by atoms with Gasteiger partial charge in [-0.3, -0.25) is 43.2 Å². The zero-order valence-electron chi connectivity index (χ0n) is 41.7. The zero-order chi connectivity index (χ0) is 50.7. The Kier molecular flexibility index (Phi) is 30.4. The Morgan fingerprint density at radius 2 is 0.636 bits per heavy atom. The van der Waals surface area contributed by atoms with Crippen LogP contribution in [0.25, 0.3) is 0 Å². The topological polar surface area (TPSA) is 328 Å². The molecule has 0 aromatic heterocycles. The van der Waals surface area contributed by atoms with Crippen molar-refractivity contribution in [2.45, 2.75) is 189 Å². The van der Waals surface area contributed by atoms with E-state index in [-0.39, 0.29) is 81.1 Å². The van der Waals surface area contributed by atoms with Gasteiger partial charge in [-0.25, -0.2) is 0 Å². The van der Waals surface area contributed by atoms with Crippen molar-refractivity contribution in [2.75, 3.05) is 19.6 Å². The van der Waals surface area contributed by atoms with Crippen molar-refractivity contribution >= 4 is 53.2 Å². The highest BCUT2D eigenvalue weighted by atomic mass is 16.2. The highest BCUT2D eigenvalue weighted by molar-refractivity contribution is 5.97. The molecule has 0 radical (unpaired) electrons. The van der Waals surface area contributed by atoms with Gasteiger partial charge in [-0.1, -0.05) is 69.2 Å². The van der Waals surface area contributed by atoms with E-state index in [0.29, 0.717) is 38.8 Å². The summed E-state index contributed by atoms with van der Waals surface area (Å²) in [5.74, 6) is -5.83. The van der Waals surface area contributed by atoms with E-state index < -0.39 is 95.5 Å². The average molecular weight is 938 g/mol. The maximum absolute atomic E-state index is 14.2. The van der Waals surface area contributed by atoms with Gasteiger partial charge in [0, 0.05) is 6.92 Å². The van der Waals surface area contributed by atoms with Gasteiger partial charge in [-0.05, 0) is 113 Å². The van der Waals surface area contributed by atoms with Crippen LogP contribution in [0.4, 0.5) is 0 Å². The first kappa shape index (κ1) is 61.1. The second-order valence-corrected chi connectivity index (χ2v) is 19.5. The molecule has 9 amide bonds. The first-order chi connectivity index (χ1) is 30.8. The molecule has 0 rings (SSSR count). The van der Waals surface area contributed by atoms with Gasteiger partial charge in [0.15, 0.2) is 0 Å². The molecule has 14 N–H and O–H groups in total. The Labute approximate surface area is 393 Å². The van der Waals surface area contributed by atoms with E-state index in [2.05, 4.69) is 42.5 Å². The third kappa shape index (κ3) is 26.9. The summed E-state index contributed by atoms with van der Waals surface area (Å²) in [6, 6.07) is -7.53. The molecule has 66 heavy (non-hydrogen) atoms. The molecule has 0 saturated heterocycles. The van der Waals surface area contributed by atoms with Crippen LogP contribution in [0.1, 0.15) is 147 Å². The predicted octanol–water partition coefficient (Wildman–Crippen LogP) is 0.490. The predicted molar refractivity (Wildman–Crippen MR) is 254 cm³/mol. The lowest BCUT2D eigenvalue weighted by atomic mass is 9.97. The molecular weight excluding hydrogens is 851 g/mol. The molecule has 0 unspecified atom stereocenters. The Bertz CT molecular complexity index is 1560. The smallest absolute Gasteiger partial charge is 0.243 e. The Hall–Kier alpha value is -4.85. The summed E-state index contributed by atoms with van der Waals surface area (Å²) >= 11 is 0. The van der Waals surface area contributed by atoms with E-state index in [1.54, 1.807) is 0 Å². The van der Waals surface area contributed by atoms with Crippen LogP contribution in [0.2, 0.25) is 0 Å². The van der Waals surface area contributed by atoms with Gasteiger partial charge in [0.1, 0.15) is 42.3 Å². The highest BCUT2D eigenvalue weighted by Crippen LogP contribution is 2.14. The van der Waals surface area contributed by atoms with E-state index >= 15 is 0 Å². The Balaban J connectivity index is 6.51. The van der Waals surface area contributed by atoms with Gasteiger partial charge in [-0.15, -0.1) is 0 Å². The van der Waals surface area contributed by atoms with Gasteiger partial charge >= 0.3 is 0 Å². The molecule has 0 aliphatic rings. The summed E-state index contributed by atoms with van der Waals surface area (Å²) in [6.45, 7) is 20.4. The van der Waals surface area contributed by atoms with Crippen molar-refractivity contribution in [1.29, 1.82) is 0 Å². The first-order valence-electron chi connectivity index (χ1n) is 23.9. The molecule has 0 heterocycles. The fraction of sp³-hybridized carbons (Fsp3) is 0.804. The van der Waals surface area contributed by atoms with Crippen LogP contribution in [0, 0.1) is 29.6 Å². The third-order valence-corrected chi connectivity index (χ3v) is 10.4. The lowest BCUT2D eigenvalue weighted by molar-refractivity contribution is -0.136. The Morgan fingerprint density at radius 3 is 0.909 bits per heavy atom. The molecule has 7 atom stereocenters.